The second-order valence-corrected chi connectivity index (χ2v) is 4.02. The van der Waals surface area contributed by atoms with Gasteiger partial charge in [-0.3, -0.25) is 14.4 Å². The van der Waals surface area contributed by atoms with Crippen LogP contribution in [0.1, 0.15) is 12.8 Å². The van der Waals surface area contributed by atoms with E-state index in [1.54, 1.807) is 0 Å². The summed E-state index contributed by atoms with van der Waals surface area (Å²) in [5.74, 6) is -2.21. The molecule has 1 aliphatic heterocycles. The smallest absolute Gasteiger partial charge is 0.405 e. The van der Waals surface area contributed by atoms with Crippen LogP contribution in [-0.4, -0.2) is 64.7 Å². The highest BCUT2D eigenvalue weighted by molar-refractivity contribution is 5.91. The summed E-state index contributed by atoms with van der Waals surface area (Å²) in [5, 5.41) is 21.0. The van der Waals surface area contributed by atoms with Crippen LogP contribution in [0.25, 0.3) is 0 Å². The number of likely N-dealkylation sites (tertiary alicyclic amines) is 1. The number of carbonyl (C=O) groups excluding carboxylic acids is 2. The number of hydrogen-bond acceptors (Lipinski definition) is 4. The van der Waals surface area contributed by atoms with E-state index in [-0.39, 0.29) is 0 Å². The summed E-state index contributed by atoms with van der Waals surface area (Å²) in [7, 11) is 0. The summed E-state index contributed by atoms with van der Waals surface area (Å²) in [6.45, 7) is -0.561. The molecule has 3 amide bonds. The second-order valence-electron chi connectivity index (χ2n) is 4.02. The van der Waals surface area contributed by atoms with Crippen LogP contribution in [0.4, 0.5) is 4.79 Å². The van der Waals surface area contributed by atoms with E-state index in [0.29, 0.717) is 19.4 Å². The van der Waals surface area contributed by atoms with Crippen molar-refractivity contribution >= 4 is 23.9 Å². The van der Waals surface area contributed by atoms with Crippen molar-refractivity contribution in [1.82, 2.24) is 15.5 Å². The highest BCUT2D eigenvalue weighted by Gasteiger charge is 2.33. The highest BCUT2D eigenvalue weighted by atomic mass is 16.4. The molecule has 1 fully saturated rings. The topological polar surface area (TPSA) is 136 Å². The molecule has 0 aromatic rings. The van der Waals surface area contributed by atoms with Crippen LogP contribution in [0.15, 0.2) is 0 Å². The van der Waals surface area contributed by atoms with E-state index >= 15 is 0 Å². The van der Waals surface area contributed by atoms with Gasteiger partial charge in [0.25, 0.3) is 0 Å². The lowest BCUT2D eigenvalue weighted by Crippen LogP contribution is -2.49. The fraction of sp³-hybridized carbons (Fsp3) is 0.600. The van der Waals surface area contributed by atoms with Crippen molar-refractivity contribution in [2.45, 2.75) is 18.9 Å². The Morgan fingerprint density at radius 1 is 1.11 bits per heavy atom. The lowest BCUT2D eigenvalue weighted by atomic mass is 10.2. The van der Waals surface area contributed by atoms with Gasteiger partial charge in [0, 0.05) is 6.54 Å². The molecule has 4 N–H and O–H groups in total. The number of nitrogens with one attached hydrogen (secondary N) is 2. The minimum absolute atomic E-state index is 0.352. The average molecular weight is 273 g/mol. The van der Waals surface area contributed by atoms with E-state index in [1.165, 1.54) is 4.90 Å². The molecule has 0 spiro atoms. The van der Waals surface area contributed by atoms with Crippen LogP contribution in [0, 0.1) is 0 Å². The molecule has 0 saturated carbocycles. The van der Waals surface area contributed by atoms with Gasteiger partial charge in [-0.2, -0.15) is 0 Å². The third kappa shape index (κ3) is 4.45. The molecular weight excluding hydrogens is 258 g/mol. The molecule has 0 unspecified atom stereocenters. The molecule has 0 radical (unpaired) electrons. The maximum Gasteiger partial charge on any atom is 0.405 e. The van der Waals surface area contributed by atoms with Crippen LogP contribution < -0.4 is 10.6 Å². The van der Waals surface area contributed by atoms with Gasteiger partial charge in [-0.1, -0.05) is 0 Å². The van der Waals surface area contributed by atoms with Crippen molar-refractivity contribution in [1.29, 1.82) is 0 Å². The zero-order valence-electron chi connectivity index (χ0n) is 10.1. The number of amides is 3. The number of hydrogen-bond donors (Lipinski definition) is 4. The largest absolute Gasteiger partial charge is 0.480 e. The molecule has 0 aromatic heterocycles. The molecule has 9 heteroatoms. The number of nitrogens with zero attached hydrogens (tertiary/aromatic N) is 1. The van der Waals surface area contributed by atoms with Gasteiger partial charge >= 0.3 is 12.1 Å². The Bertz CT molecular complexity index is 361. The highest BCUT2D eigenvalue weighted by Crippen LogP contribution is 2.17. The predicted molar refractivity (Wildman–Crippen MR) is 61.4 cm³/mol. The number of carboxylic acids is 1. The van der Waals surface area contributed by atoms with Crippen molar-refractivity contribution in [3.63, 3.8) is 0 Å². The molecule has 0 aliphatic carbocycles. The third-order valence-electron chi connectivity index (χ3n) is 2.68. The molecule has 1 aliphatic rings. The monoisotopic (exact) mass is 273 g/mol. The fourth-order valence-corrected chi connectivity index (χ4v) is 1.87. The molecule has 9 nitrogen and oxygen atoms in total. The molecule has 0 bridgehead atoms. The Hall–Kier alpha value is -2.32. The van der Waals surface area contributed by atoms with Gasteiger partial charge in [0.1, 0.15) is 19.1 Å². The zero-order valence-corrected chi connectivity index (χ0v) is 10.1. The molecule has 0 aromatic carbocycles. The van der Waals surface area contributed by atoms with Crippen LogP contribution in [0.2, 0.25) is 0 Å². The van der Waals surface area contributed by atoms with Gasteiger partial charge in [0.2, 0.25) is 11.8 Å². The van der Waals surface area contributed by atoms with Crippen LogP contribution >= 0.6 is 0 Å². The standard InChI is InChI=1S/C10H15N3O6/c14-7(4-12-10(18)19)13-3-1-2-6(13)9(17)11-5-8(15)16/h6,12H,1-5H2,(H,11,17)(H,15,16)(H,18,19)/t6-/m0/s1. The molecule has 1 atom stereocenters. The van der Waals surface area contributed by atoms with Gasteiger partial charge in [-0.05, 0) is 12.8 Å². The minimum Gasteiger partial charge on any atom is -0.480 e. The molecular formula is C10H15N3O6. The normalized spacial score (nSPS) is 17.9. The van der Waals surface area contributed by atoms with E-state index in [4.69, 9.17) is 10.2 Å². The van der Waals surface area contributed by atoms with E-state index in [2.05, 4.69) is 5.32 Å². The fourth-order valence-electron chi connectivity index (χ4n) is 1.87. The Balaban J connectivity index is 2.53. The average Bonchev–Trinajstić information content (AvgIpc) is 2.82. The van der Waals surface area contributed by atoms with Crippen molar-refractivity contribution in [3.8, 4) is 0 Å². The Morgan fingerprint density at radius 3 is 2.37 bits per heavy atom. The molecule has 1 saturated heterocycles. The first kappa shape index (κ1) is 14.7. The molecule has 1 rings (SSSR count). The van der Waals surface area contributed by atoms with E-state index in [9.17, 15) is 19.2 Å². The molecule has 1 heterocycles. The maximum absolute atomic E-state index is 11.7. The van der Waals surface area contributed by atoms with Crippen LogP contribution in [0.3, 0.4) is 0 Å². The van der Waals surface area contributed by atoms with Crippen molar-refractivity contribution in [3.05, 3.63) is 0 Å². The predicted octanol–water partition coefficient (Wildman–Crippen LogP) is -1.55. The summed E-state index contributed by atoms with van der Waals surface area (Å²) >= 11 is 0. The number of carboxylic acid groups (broad SMARTS) is 2. The van der Waals surface area contributed by atoms with Crippen LogP contribution in [0.5, 0.6) is 0 Å². The Kier molecular flexibility index (Phi) is 5.10. The van der Waals surface area contributed by atoms with Gasteiger partial charge in [0.15, 0.2) is 0 Å². The number of carbonyl (C=O) groups is 4. The first-order valence-electron chi connectivity index (χ1n) is 5.67. The van der Waals surface area contributed by atoms with E-state index < -0.39 is 43.0 Å². The maximum atomic E-state index is 11.7. The van der Waals surface area contributed by atoms with E-state index in [1.807, 2.05) is 5.32 Å². The summed E-state index contributed by atoms with van der Waals surface area (Å²) < 4.78 is 0. The summed E-state index contributed by atoms with van der Waals surface area (Å²) in [6.07, 6.45) is -0.270. The van der Waals surface area contributed by atoms with Gasteiger partial charge < -0.3 is 25.7 Å². The van der Waals surface area contributed by atoms with Gasteiger partial charge in [-0.25, -0.2) is 4.79 Å². The SMILES string of the molecule is O=C(O)CNC(=O)[C@@H]1CCCN1C(=O)CNC(=O)O. The summed E-state index contributed by atoms with van der Waals surface area (Å²) in [5.41, 5.74) is 0. The van der Waals surface area contributed by atoms with Gasteiger partial charge in [-0.15, -0.1) is 0 Å². The number of rotatable bonds is 5. The quantitative estimate of drug-likeness (QED) is 0.478. The van der Waals surface area contributed by atoms with Crippen molar-refractivity contribution in [2.75, 3.05) is 19.6 Å². The van der Waals surface area contributed by atoms with E-state index in [0.717, 1.165) is 0 Å². The molecule has 19 heavy (non-hydrogen) atoms. The third-order valence-corrected chi connectivity index (χ3v) is 2.68. The number of aliphatic carboxylic acids is 1. The summed E-state index contributed by atoms with van der Waals surface area (Å²) in [4.78, 5) is 45.3. The first-order valence-corrected chi connectivity index (χ1v) is 5.67. The second kappa shape index (κ2) is 6.57. The first-order chi connectivity index (χ1) is 8.91. The Morgan fingerprint density at radius 2 is 1.79 bits per heavy atom. The van der Waals surface area contributed by atoms with Crippen LogP contribution in [-0.2, 0) is 14.4 Å². The van der Waals surface area contributed by atoms with Crippen molar-refractivity contribution in [2.24, 2.45) is 0 Å². The molecule has 106 valence electrons. The van der Waals surface area contributed by atoms with Crippen molar-refractivity contribution < 1.29 is 29.4 Å². The zero-order chi connectivity index (χ0) is 14.4. The lowest BCUT2D eigenvalue weighted by Gasteiger charge is -2.23. The van der Waals surface area contributed by atoms with Gasteiger partial charge in [0.05, 0.1) is 0 Å². The summed E-state index contributed by atoms with van der Waals surface area (Å²) in [6, 6.07) is -0.734. The minimum atomic E-state index is -1.32. The Labute approximate surface area is 108 Å². The lowest BCUT2D eigenvalue weighted by molar-refractivity contribution is -0.140.